The molecule has 25 heavy (non-hydrogen) atoms. The van der Waals surface area contributed by atoms with E-state index in [1.807, 2.05) is 0 Å². The molecule has 0 amide bonds. The normalized spacial score (nSPS) is 30.5. The second-order valence-electron chi connectivity index (χ2n) is 7.98. The number of hydrogen-bond donors (Lipinski definition) is 0. The molecule has 0 unspecified atom stereocenters. The van der Waals surface area contributed by atoms with E-state index in [0.717, 1.165) is 24.9 Å². The molecule has 2 aliphatic carbocycles. The minimum Gasteiger partial charge on any atom is -0.378 e. The molecule has 2 saturated carbocycles. The van der Waals surface area contributed by atoms with Gasteiger partial charge >= 0.3 is 0 Å². The van der Waals surface area contributed by atoms with Gasteiger partial charge in [0.05, 0.1) is 6.10 Å². The third-order valence-corrected chi connectivity index (χ3v) is 5.85. The Morgan fingerprint density at radius 1 is 0.760 bits per heavy atom. The highest BCUT2D eigenvalue weighted by Crippen LogP contribution is 2.32. The van der Waals surface area contributed by atoms with Crippen LogP contribution in [0.3, 0.4) is 0 Å². The summed E-state index contributed by atoms with van der Waals surface area (Å²) in [5, 5.41) is 0. The molecule has 0 atom stereocenters. The van der Waals surface area contributed by atoms with Gasteiger partial charge in [0.2, 0.25) is 0 Å². The van der Waals surface area contributed by atoms with Crippen molar-refractivity contribution in [3.8, 4) is 11.8 Å². The predicted octanol–water partition coefficient (Wildman–Crippen LogP) is 6.69. The van der Waals surface area contributed by atoms with E-state index in [1.54, 1.807) is 0 Å². The molecule has 0 bridgehead atoms. The zero-order valence-electron chi connectivity index (χ0n) is 16.5. The number of rotatable bonds is 7. The molecule has 0 saturated heterocycles. The first kappa shape index (κ1) is 20.3. The number of ether oxygens (including phenoxy) is 1. The average molecular weight is 343 g/mol. The van der Waals surface area contributed by atoms with Crippen molar-refractivity contribution >= 4 is 0 Å². The SMILES string of the molecule is CCCO[C@H]1CC[C@H](C=CC#CC=C[C@H]2CC[C@H](CCC)CC2)CC1. The average Bonchev–Trinajstić information content (AvgIpc) is 2.65. The summed E-state index contributed by atoms with van der Waals surface area (Å²) in [6.07, 6.45) is 23.7. The van der Waals surface area contributed by atoms with Gasteiger partial charge in [-0.2, -0.15) is 0 Å². The molecule has 0 heterocycles. The molecule has 0 aromatic heterocycles. The third-order valence-electron chi connectivity index (χ3n) is 5.85. The van der Waals surface area contributed by atoms with Gasteiger partial charge in [-0.05, 0) is 87.7 Å². The van der Waals surface area contributed by atoms with E-state index in [0.29, 0.717) is 12.0 Å². The van der Waals surface area contributed by atoms with E-state index in [2.05, 4.69) is 50.0 Å². The first-order valence-corrected chi connectivity index (χ1v) is 10.8. The van der Waals surface area contributed by atoms with Gasteiger partial charge in [0.1, 0.15) is 0 Å². The molecular weight excluding hydrogens is 304 g/mol. The molecule has 2 aliphatic rings. The van der Waals surface area contributed by atoms with Crippen molar-refractivity contribution in [2.24, 2.45) is 17.8 Å². The van der Waals surface area contributed by atoms with Gasteiger partial charge in [-0.1, -0.05) is 50.7 Å². The van der Waals surface area contributed by atoms with Crippen LogP contribution in [0.25, 0.3) is 0 Å². The largest absolute Gasteiger partial charge is 0.378 e. The lowest BCUT2D eigenvalue weighted by atomic mass is 9.80. The summed E-state index contributed by atoms with van der Waals surface area (Å²) in [6, 6.07) is 0. The van der Waals surface area contributed by atoms with E-state index >= 15 is 0 Å². The highest BCUT2D eigenvalue weighted by atomic mass is 16.5. The van der Waals surface area contributed by atoms with Crippen molar-refractivity contribution in [3.05, 3.63) is 24.3 Å². The maximum absolute atomic E-state index is 5.85. The van der Waals surface area contributed by atoms with Gasteiger partial charge < -0.3 is 4.74 Å². The lowest BCUT2D eigenvalue weighted by Gasteiger charge is -2.26. The van der Waals surface area contributed by atoms with Gasteiger partial charge in [-0.3, -0.25) is 0 Å². The van der Waals surface area contributed by atoms with Crippen molar-refractivity contribution < 1.29 is 4.74 Å². The molecule has 0 aromatic rings. The van der Waals surface area contributed by atoms with E-state index in [4.69, 9.17) is 4.74 Å². The minimum absolute atomic E-state index is 0.506. The molecule has 0 N–H and O–H groups in total. The summed E-state index contributed by atoms with van der Waals surface area (Å²) in [5.41, 5.74) is 0. The Balaban J connectivity index is 1.60. The molecule has 0 aliphatic heterocycles. The van der Waals surface area contributed by atoms with E-state index < -0.39 is 0 Å². The Kier molecular flexibility index (Phi) is 10.1. The van der Waals surface area contributed by atoms with Crippen LogP contribution in [0.4, 0.5) is 0 Å². The van der Waals surface area contributed by atoms with Crippen molar-refractivity contribution in [2.75, 3.05) is 6.61 Å². The molecule has 2 fully saturated rings. The second-order valence-corrected chi connectivity index (χ2v) is 7.98. The second kappa shape index (κ2) is 12.4. The zero-order chi connectivity index (χ0) is 17.7. The van der Waals surface area contributed by atoms with Gasteiger partial charge in [0.25, 0.3) is 0 Å². The van der Waals surface area contributed by atoms with Crippen molar-refractivity contribution in [1.29, 1.82) is 0 Å². The first-order chi connectivity index (χ1) is 12.3. The molecule has 1 nitrogen and oxygen atoms in total. The van der Waals surface area contributed by atoms with Crippen molar-refractivity contribution in [3.63, 3.8) is 0 Å². The predicted molar refractivity (Wildman–Crippen MR) is 108 cm³/mol. The minimum atomic E-state index is 0.506. The van der Waals surface area contributed by atoms with Gasteiger partial charge in [0, 0.05) is 6.61 Å². The number of hydrogen-bond acceptors (Lipinski definition) is 1. The molecule has 1 heteroatoms. The quantitative estimate of drug-likeness (QED) is 0.468. The Bertz CT molecular complexity index is 448. The first-order valence-electron chi connectivity index (χ1n) is 10.8. The summed E-state index contributed by atoms with van der Waals surface area (Å²) < 4.78 is 5.85. The Hall–Kier alpha value is -1.00. The topological polar surface area (TPSA) is 9.23 Å². The van der Waals surface area contributed by atoms with Crippen LogP contribution >= 0.6 is 0 Å². The number of allylic oxidation sites excluding steroid dienone is 4. The van der Waals surface area contributed by atoms with Crippen LogP contribution in [-0.2, 0) is 4.74 Å². The van der Waals surface area contributed by atoms with Crippen LogP contribution in [0.2, 0.25) is 0 Å². The van der Waals surface area contributed by atoms with Gasteiger partial charge in [-0.25, -0.2) is 0 Å². The molecule has 140 valence electrons. The molecule has 2 rings (SSSR count). The smallest absolute Gasteiger partial charge is 0.0575 e. The lowest BCUT2D eigenvalue weighted by molar-refractivity contribution is 0.0227. The fraction of sp³-hybridized carbons (Fsp3) is 0.750. The highest BCUT2D eigenvalue weighted by Gasteiger charge is 2.19. The Morgan fingerprint density at radius 3 is 1.84 bits per heavy atom. The van der Waals surface area contributed by atoms with E-state index in [-0.39, 0.29) is 0 Å². The monoisotopic (exact) mass is 342 g/mol. The van der Waals surface area contributed by atoms with Gasteiger partial charge in [-0.15, -0.1) is 0 Å². The summed E-state index contributed by atoms with van der Waals surface area (Å²) in [5.74, 6) is 8.86. The summed E-state index contributed by atoms with van der Waals surface area (Å²) in [6.45, 7) is 5.41. The summed E-state index contributed by atoms with van der Waals surface area (Å²) in [4.78, 5) is 0. The van der Waals surface area contributed by atoms with Crippen LogP contribution in [0.5, 0.6) is 0 Å². The van der Waals surface area contributed by atoms with Crippen LogP contribution in [-0.4, -0.2) is 12.7 Å². The molecular formula is C24H38O. The lowest BCUT2D eigenvalue weighted by Crippen LogP contribution is -2.21. The maximum atomic E-state index is 5.85. The van der Waals surface area contributed by atoms with E-state index in [1.165, 1.54) is 64.2 Å². The maximum Gasteiger partial charge on any atom is 0.0575 e. The van der Waals surface area contributed by atoms with Crippen LogP contribution in [0.1, 0.15) is 84.5 Å². The van der Waals surface area contributed by atoms with Crippen molar-refractivity contribution in [2.45, 2.75) is 90.6 Å². The van der Waals surface area contributed by atoms with Crippen LogP contribution in [0.15, 0.2) is 24.3 Å². The summed E-state index contributed by atoms with van der Waals surface area (Å²) in [7, 11) is 0. The Labute approximate surface area is 156 Å². The molecule has 0 radical (unpaired) electrons. The van der Waals surface area contributed by atoms with Crippen molar-refractivity contribution in [1.82, 2.24) is 0 Å². The van der Waals surface area contributed by atoms with Gasteiger partial charge in [0.15, 0.2) is 0 Å². The standard InChI is InChI=1S/C24H38O/c1-3-9-21-12-14-22(15-13-21)10-7-5-6-8-11-23-16-18-24(19-17-23)25-20-4-2/h7-8,10-11,21-24H,3-4,9,12-20H2,1-2H3/t21-,22-,23-,24-. The molecule has 0 spiro atoms. The zero-order valence-corrected chi connectivity index (χ0v) is 16.5. The fourth-order valence-corrected chi connectivity index (χ4v) is 4.27. The highest BCUT2D eigenvalue weighted by molar-refractivity contribution is 5.24. The van der Waals surface area contributed by atoms with E-state index in [9.17, 15) is 0 Å². The summed E-state index contributed by atoms with van der Waals surface area (Å²) >= 11 is 0. The van der Waals surface area contributed by atoms with Crippen LogP contribution < -0.4 is 0 Å². The Morgan fingerprint density at radius 2 is 1.32 bits per heavy atom. The third kappa shape index (κ3) is 8.28. The van der Waals surface area contributed by atoms with Crippen LogP contribution in [0, 0.1) is 29.6 Å². The molecule has 0 aromatic carbocycles. The fourth-order valence-electron chi connectivity index (χ4n) is 4.27.